The molecule has 6 heteroatoms. The van der Waals surface area contributed by atoms with E-state index in [-0.39, 0.29) is 17.9 Å². The number of fused-ring (bicyclic) bond motifs is 1. The van der Waals surface area contributed by atoms with Crippen LogP contribution in [0.1, 0.15) is 22.3 Å². The molecule has 0 spiro atoms. The predicted molar refractivity (Wildman–Crippen MR) is 99.9 cm³/mol. The van der Waals surface area contributed by atoms with E-state index in [1.807, 2.05) is 32.0 Å². The zero-order valence-electron chi connectivity index (χ0n) is 14.2. The fourth-order valence-electron chi connectivity index (χ4n) is 2.88. The minimum absolute atomic E-state index is 0.0340. The van der Waals surface area contributed by atoms with E-state index in [2.05, 4.69) is 9.71 Å². The zero-order chi connectivity index (χ0) is 18.0. The Bertz CT molecular complexity index is 1070. The van der Waals surface area contributed by atoms with Gasteiger partial charge >= 0.3 is 0 Å². The third kappa shape index (κ3) is 4.15. The summed E-state index contributed by atoms with van der Waals surface area (Å²) < 4.78 is 27.0. The van der Waals surface area contributed by atoms with Crippen LogP contribution in [-0.4, -0.2) is 13.4 Å². The number of aromatic nitrogens is 1. The van der Waals surface area contributed by atoms with E-state index < -0.39 is 10.0 Å². The highest BCUT2D eigenvalue weighted by Gasteiger charge is 2.13. The molecule has 130 valence electrons. The number of nitrogens with one attached hydrogen (secondary N) is 2. The number of hydrogen-bond acceptors (Lipinski definition) is 3. The van der Waals surface area contributed by atoms with Crippen LogP contribution in [0.3, 0.4) is 0 Å². The van der Waals surface area contributed by atoms with Crippen molar-refractivity contribution in [2.75, 3.05) is 0 Å². The van der Waals surface area contributed by atoms with Gasteiger partial charge < -0.3 is 4.98 Å². The third-order valence-electron chi connectivity index (χ3n) is 4.07. The first-order valence-electron chi connectivity index (χ1n) is 7.98. The molecule has 0 bridgehead atoms. The Morgan fingerprint density at radius 3 is 2.48 bits per heavy atom. The number of H-pyrrole nitrogens is 1. The topological polar surface area (TPSA) is 79.0 Å². The lowest BCUT2D eigenvalue weighted by atomic mass is 10.0. The summed E-state index contributed by atoms with van der Waals surface area (Å²) in [6, 6.07) is 14.6. The first kappa shape index (κ1) is 17.4. The van der Waals surface area contributed by atoms with E-state index in [1.165, 1.54) is 0 Å². The smallest absolute Gasteiger partial charge is 0.252 e. The molecule has 0 unspecified atom stereocenters. The summed E-state index contributed by atoms with van der Waals surface area (Å²) in [7, 11) is -3.52. The fourth-order valence-corrected chi connectivity index (χ4v) is 3.99. The Morgan fingerprint density at radius 1 is 1.04 bits per heavy atom. The molecule has 2 N–H and O–H groups in total. The Morgan fingerprint density at radius 2 is 1.76 bits per heavy atom. The van der Waals surface area contributed by atoms with Gasteiger partial charge in [-0.05, 0) is 42.7 Å². The molecule has 0 saturated carbocycles. The molecule has 0 aliphatic carbocycles. The molecule has 5 nitrogen and oxygen atoms in total. The van der Waals surface area contributed by atoms with Crippen molar-refractivity contribution in [1.82, 2.24) is 9.71 Å². The second-order valence-electron chi connectivity index (χ2n) is 6.23. The summed E-state index contributed by atoms with van der Waals surface area (Å²) in [5, 5.41) is 0.919. The molecule has 3 rings (SSSR count). The van der Waals surface area contributed by atoms with Gasteiger partial charge in [0.2, 0.25) is 10.0 Å². The van der Waals surface area contributed by atoms with Gasteiger partial charge in [-0.2, -0.15) is 0 Å². The second-order valence-corrected chi connectivity index (χ2v) is 8.04. The van der Waals surface area contributed by atoms with E-state index in [0.29, 0.717) is 11.1 Å². The lowest BCUT2D eigenvalue weighted by Crippen LogP contribution is -2.28. The van der Waals surface area contributed by atoms with Crippen LogP contribution in [0.25, 0.3) is 10.9 Å². The van der Waals surface area contributed by atoms with Crippen LogP contribution >= 0.6 is 0 Å². The zero-order valence-corrected chi connectivity index (χ0v) is 15.0. The maximum absolute atomic E-state index is 12.2. The number of benzene rings is 2. The molecule has 3 aromatic rings. The average Bonchev–Trinajstić information content (AvgIpc) is 2.53. The van der Waals surface area contributed by atoms with E-state index in [0.717, 1.165) is 22.0 Å². The van der Waals surface area contributed by atoms with Gasteiger partial charge in [0.15, 0.2) is 0 Å². The van der Waals surface area contributed by atoms with Gasteiger partial charge in [0, 0.05) is 23.0 Å². The normalized spacial score (nSPS) is 11.8. The van der Waals surface area contributed by atoms with Crippen molar-refractivity contribution in [2.24, 2.45) is 0 Å². The number of rotatable bonds is 5. The lowest BCUT2D eigenvalue weighted by molar-refractivity contribution is 0.580. The van der Waals surface area contributed by atoms with Gasteiger partial charge in [-0.1, -0.05) is 36.4 Å². The van der Waals surface area contributed by atoms with Crippen LogP contribution < -0.4 is 10.3 Å². The van der Waals surface area contributed by atoms with Crippen LogP contribution in [0.15, 0.2) is 53.3 Å². The monoisotopic (exact) mass is 356 g/mol. The largest absolute Gasteiger partial charge is 0.322 e. The minimum Gasteiger partial charge on any atom is -0.322 e. The molecule has 1 aromatic heterocycles. The third-order valence-corrected chi connectivity index (χ3v) is 5.37. The Labute approximate surface area is 146 Å². The molecule has 1 heterocycles. The molecule has 0 fully saturated rings. The fraction of sp³-hybridized carbons (Fsp3) is 0.211. The standard InChI is InChI=1S/C19H20N2O3S/c1-13-8-14(2)17-10-16(19(22)21-18(17)9-13)11-20-25(23,24)12-15-6-4-3-5-7-15/h3-10,20H,11-12H2,1-2H3,(H,21,22). The van der Waals surface area contributed by atoms with Crippen molar-refractivity contribution < 1.29 is 8.42 Å². The highest BCUT2D eigenvalue weighted by Crippen LogP contribution is 2.18. The quantitative estimate of drug-likeness (QED) is 0.738. The van der Waals surface area contributed by atoms with Crippen LogP contribution in [0, 0.1) is 13.8 Å². The minimum atomic E-state index is -3.52. The summed E-state index contributed by atoms with van der Waals surface area (Å²) in [5.74, 6) is -0.114. The molecule has 0 atom stereocenters. The summed E-state index contributed by atoms with van der Waals surface area (Å²) in [4.78, 5) is 15.1. The Balaban J connectivity index is 1.83. The van der Waals surface area contributed by atoms with Crippen molar-refractivity contribution in [2.45, 2.75) is 26.1 Å². The molecular formula is C19H20N2O3S. The van der Waals surface area contributed by atoms with E-state index in [9.17, 15) is 13.2 Å². The van der Waals surface area contributed by atoms with Crippen molar-refractivity contribution in [1.29, 1.82) is 0 Å². The average molecular weight is 356 g/mol. The first-order valence-corrected chi connectivity index (χ1v) is 9.64. The number of hydrogen-bond donors (Lipinski definition) is 2. The molecule has 0 saturated heterocycles. The van der Waals surface area contributed by atoms with Crippen molar-refractivity contribution in [3.63, 3.8) is 0 Å². The number of aromatic amines is 1. The number of aryl methyl sites for hydroxylation is 2. The summed E-state index contributed by atoms with van der Waals surface area (Å²) in [6.07, 6.45) is 0. The first-order chi connectivity index (χ1) is 11.8. The van der Waals surface area contributed by atoms with Crippen LogP contribution in [0.4, 0.5) is 0 Å². The Hall–Kier alpha value is -2.44. The van der Waals surface area contributed by atoms with Gasteiger partial charge in [0.25, 0.3) is 5.56 Å². The van der Waals surface area contributed by atoms with Crippen LogP contribution in [0.5, 0.6) is 0 Å². The molecule has 25 heavy (non-hydrogen) atoms. The lowest BCUT2D eigenvalue weighted by Gasteiger charge is -2.09. The van der Waals surface area contributed by atoms with E-state index >= 15 is 0 Å². The SMILES string of the molecule is Cc1cc(C)c2cc(CNS(=O)(=O)Cc3ccccc3)c(=O)[nH]c2c1. The second kappa shape index (κ2) is 6.82. The Kier molecular flexibility index (Phi) is 4.74. The van der Waals surface area contributed by atoms with Gasteiger partial charge in [-0.3, -0.25) is 4.79 Å². The molecular weight excluding hydrogens is 336 g/mol. The molecule has 2 aromatic carbocycles. The number of pyridine rings is 1. The molecule has 0 radical (unpaired) electrons. The van der Waals surface area contributed by atoms with Crippen molar-refractivity contribution in [3.8, 4) is 0 Å². The van der Waals surface area contributed by atoms with Gasteiger partial charge in [-0.15, -0.1) is 0 Å². The van der Waals surface area contributed by atoms with Crippen molar-refractivity contribution in [3.05, 3.63) is 81.1 Å². The number of sulfonamides is 1. The van der Waals surface area contributed by atoms with Crippen LogP contribution in [-0.2, 0) is 22.3 Å². The van der Waals surface area contributed by atoms with Crippen LogP contribution in [0.2, 0.25) is 0 Å². The van der Waals surface area contributed by atoms with Gasteiger partial charge in [-0.25, -0.2) is 13.1 Å². The maximum atomic E-state index is 12.2. The summed E-state index contributed by atoms with van der Waals surface area (Å²) in [6.45, 7) is 3.90. The van der Waals surface area contributed by atoms with Crippen molar-refractivity contribution >= 4 is 20.9 Å². The van der Waals surface area contributed by atoms with Gasteiger partial charge in [0.05, 0.1) is 5.75 Å². The maximum Gasteiger partial charge on any atom is 0.252 e. The van der Waals surface area contributed by atoms with Gasteiger partial charge in [0.1, 0.15) is 0 Å². The summed E-state index contributed by atoms with van der Waals surface area (Å²) >= 11 is 0. The van der Waals surface area contributed by atoms with E-state index in [1.54, 1.807) is 30.3 Å². The highest BCUT2D eigenvalue weighted by molar-refractivity contribution is 7.88. The molecule has 0 aliphatic heterocycles. The molecule has 0 aliphatic rings. The predicted octanol–water partition coefficient (Wildman–Crippen LogP) is 2.76. The summed E-state index contributed by atoms with van der Waals surface area (Å²) in [5.41, 5.74) is 3.69. The molecule has 0 amide bonds. The highest BCUT2D eigenvalue weighted by atomic mass is 32.2. The van der Waals surface area contributed by atoms with E-state index in [4.69, 9.17) is 0 Å².